The van der Waals surface area contributed by atoms with Gasteiger partial charge in [0.15, 0.2) is 0 Å². The third kappa shape index (κ3) is 4.48. The van der Waals surface area contributed by atoms with Gasteiger partial charge in [-0.2, -0.15) is 9.40 Å². The first-order valence-corrected chi connectivity index (χ1v) is 12.7. The Morgan fingerprint density at radius 3 is 2.26 bits per heavy atom. The fraction of sp³-hybridized carbons (Fsp3) is 0.238. The Bertz CT molecular complexity index is 1220. The maximum Gasteiger partial charge on any atom is 0.253 e. The Labute approximate surface area is 198 Å². The van der Waals surface area contributed by atoms with Crippen LogP contribution in [0.1, 0.15) is 16.1 Å². The van der Waals surface area contributed by atoms with Gasteiger partial charge in [0.2, 0.25) is 10.0 Å². The third-order valence-electron chi connectivity index (χ3n) is 5.23. The van der Waals surface area contributed by atoms with Crippen LogP contribution in [0, 0.1) is 6.92 Å². The number of carbonyl (C=O) groups excluding carboxylic acids is 1. The van der Waals surface area contributed by atoms with Crippen LogP contribution in [-0.4, -0.2) is 59.5 Å². The second-order valence-corrected chi connectivity index (χ2v) is 10.9. The molecule has 10 heteroatoms. The standard InChI is InChI=1S/C21H20Br2N4O3S/c1-15-8-9-24-27(15)18-5-2-16(3-6-18)21(28)25-10-12-26(13-11-25)31(29,30)20-14-17(22)4-7-19(20)23/h2-9,14H,10-13H2,1H3. The highest BCUT2D eigenvalue weighted by atomic mass is 79.9. The van der Waals surface area contributed by atoms with E-state index in [0.29, 0.717) is 27.6 Å². The lowest BCUT2D eigenvalue weighted by Crippen LogP contribution is -2.50. The van der Waals surface area contributed by atoms with Gasteiger partial charge < -0.3 is 4.90 Å². The van der Waals surface area contributed by atoms with Gasteiger partial charge in [0.25, 0.3) is 5.91 Å². The van der Waals surface area contributed by atoms with E-state index in [4.69, 9.17) is 0 Å². The maximum atomic E-state index is 13.0. The molecule has 0 saturated carbocycles. The largest absolute Gasteiger partial charge is 0.336 e. The predicted octanol–water partition coefficient (Wildman–Crippen LogP) is 3.85. The molecule has 0 N–H and O–H groups in total. The number of benzene rings is 2. The van der Waals surface area contributed by atoms with Crippen molar-refractivity contribution in [1.82, 2.24) is 19.0 Å². The summed E-state index contributed by atoms with van der Waals surface area (Å²) in [6.45, 7) is 3.13. The molecule has 162 valence electrons. The van der Waals surface area contributed by atoms with E-state index in [1.807, 2.05) is 25.1 Å². The molecule has 0 radical (unpaired) electrons. The highest BCUT2D eigenvalue weighted by molar-refractivity contribution is 9.11. The van der Waals surface area contributed by atoms with E-state index in [-0.39, 0.29) is 23.9 Å². The number of nitrogens with zero attached hydrogens (tertiary/aromatic N) is 4. The summed E-state index contributed by atoms with van der Waals surface area (Å²) in [6, 6.07) is 14.3. The average molecular weight is 568 g/mol. The summed E-state index contributed by atoms with van der Waals surface area (Å²) >= 11 is 6.65. The summed E-state index contributed by atoms with van der Waals surface area (Å²) in [6.07, 6.45) is 1.73. The van der Waals surface area contributed by atoms with Crippen molar-refractivity contribution in [1.29, 1.82) is 0 Å². The van der Waals surface area contributed by atoms with E-state index >= 15 is 0 Å². The Morgan fingerprint density at radius 1 is 0.968 bits per heavy atom. The van der Waals surface area contributed by atoms with Crippen molar-refractivity contribution in [3.63, 3.8) is 0 Å². The molecule has 1 saturated heterocycles. The highest BCUT2D eigenvalue weighted by Gasteiger charge is 2.31. The summed E-state index contributed by atoms with van der Waals surface area (Å²) in [5.74, 6) is -0.107. The van der Waals surface area contributed by atoms with Crippen LogP contribution >= 0.6 is 31.9 Å². The Morgan fingerprint density at radius 2 is 1.65 bits per heavy atom. The summed E-state index contributed by atoms with van der Waals surface area (Å²) in [5, 5.41) is 4.27. The summed E-state index contributed by atoms with van der Waals surface area (Å²) < 4.78 is 30.5. The lowest BCUT2D eigenvalue weighted by molar-refractivity contribution is 0.0698. The van der Waals surface area contributed by atoms with Gasteiger partial charge >= 0.3 is 0 Å². The van der Waals surface area contributed by atoms with Gasteiger partial charge in [-0.25, -0.2) is 13.1 Å². The molecule has 2 aromatic carbocycles. The number of hydrogen-bond acceptors (Lipinski definition) is 4. The number of halogens is 2. The quantitative estimate of drug-likeness (QED) is 0.480. The monoisotopic (exact) mass is 566 g/mol. The van der Waals surface area contributed by atoms with Crippen molar-refractivity contribution in [3.8, 4) is 5.69 Å². The zero-order valence-electron chi connectivity index (χ0n) is 16.7. The lowest BCUT2D eigenvalue weighted by Gasteiger charge is -2.34. The number of piperazine rings is 1. The third-order valence-corrected chi connectivity index (χ3v) is 8.61. The van der Waals surface area contributed by atoms with Crippen LogP contribution in [0.3, 0.4) is 0 Å². The van der Waals surface area contributed by atoms with E-state index in [1.165, 1.54) is 4.31 Å². The highest BCUT2D eigenvalue weighted by Crippen LogP contribution is 2.29. The second-order valence-electron chi connectivity index (χ2n) is 7.20. The number of sulfonamides is 1. The molecule has 1 fully saturated rings. The molecule has 3 aromatic rings. The minimum atomic E-state index is -3.66. The van der Waals surface area contributed by atoms with Crippen molar-refractivity contribution in [2.24, 2.45) is 0 Å². The molecule has 1 aliphatic heterocycles. The van der Waals surface area contributed by atoms with Gasteiger partial charge in [0.1, 0.15) is 0 Å². The normalized spacial score (nSPS) is 15.3. The van der Waals surface area contributed by atoms with Gasteiger partial charge in [-0.05, 0) is 71.4 Å². The molecule has 31 heavy (non-hydrogen) atoms. The molecule has 0 unspecified atom stereocenters. The first kappa shape index (κ1) is 22.2. The van der Waals surface area contributed by atoms with Crippen LogP contribution < -0.4 is 0 Å². The van der Waals surface area contributed by atoms with E-state index in [1.54, 1.807) is 46.1 Å². The van der Waals surface area contributed by atoms with E-state index in [0.717, 1.165) is 11.4 Å². The van der Waals surface area contributed by atoms with Crippen LogP contribution in [0.15, 0.2) is 68.6 Å². The number of aryl methyl sites for hydroxylation is 1. The topological polar surface area (TPSA) is 75.5 Å². The van der Waals surface area contributed by atoms with E-state index in [9.17, 15) is 13.2 Å². The van der Waals surface area contributed by atoms with Gasteiger partial charge in [0, 0.05) is 52.6 Å². The zero-order valence-corrected chi connectivity index (χ0v) is 20.7. The minimum Gasteiger partial charge on any atom is -0.336 e. The molecule has 1 aliphatic rings. The Balaban J connectivity index is 1.44. The molecule has 4 rings (SSSR count). The van der Waals surface area contributed by atoms with Crippen LogP contribution in [0.2, 0.25) is 0 Å². The average Bonchev–Trinajstić information content (AvgIpc) is 3.21. The first-order chi connectivity index (χ1) is 14.8. The fourth-order valence-electron chi connectivity index (χ4n) is 3.51. The Kier molecular flexibility index (Phi) is 6.34. The lowest BCUT2D eigenvalue weighted by atomic mass is 10.1. The summed E-state index contributed by atoms with van der Waals surface area (Å²) in [5.41, 5.74) is 2.46. The molecule has 1 amide bonds. The summed E-state index contributed by atoms with van der Waals surface area (Å²) in [4.78, 5) is 14.8. The summed E-state index contributed by atoms with van der Waals surface area (Å²) in [7, 11) is -3.66. The maximum absolute atomic E-state index is 13.0. The van der Waals surface area contributed by atoms with Crippen molar-refractivity contribution < 1.29 is 13.2 Å². The number of hydrogen-bond donors (Lipinski definition) is 0. The molecule has 2 heterocycles. The molecule has 0 bridgehead atoms. The Hall–Kier alpha value is -2.01. The number of carbonyl (C=O) groups is 1. The van der Waals surface area contributed by atoms with Crippen molar-refractivity contribution in [3.05, 3.63) is 74.9 Å². The van der Waals surface area contributed by atoms with Crippen molar-refractivity contribution in [2.75, 3.05) is 26.2 Å². The molecule has 0 aliphatic carbocycles. The van der Waals surface area contributed by atoms with Gasteiger partial charge in [0.05, 0.1) is 10.6 Å². The van der Waals surface area contributed by atoms with Crippen LogP contribution in [0.25, 0.3) is 5.69 Å². The number of aromatic nitrogens is 2. The molecule has 0 atom stereocenters. The SMILES string of the molecule is Cc1ccnn1-c1ccc(C(=O)N2CCN(S(=O)(=O)c3cc(Br)ccc3Br)CC2)cc1. The van der Waals surface area contributed by atoms with Crippen LogP contribution in [0.5, 0.6) is 0 Å². The van der Waals surface area contributed by atoms with Crippen LogP contribution in [-0.2, 0) is 10.0 Å². The smallest absolute Gasteiger partial charge is 0.253 e. The fourth-order valence-corrected chi connectivity index (χ4v) is 6.40. The first-order valence-electron chi connectivity index (χ1n) is 9.63. The second kappa shape index (κ2) is 8.85. The van der Waals surface area contributed by atoms with E-state index < -0.39 is 10.0 Å². The number of rotatable bonds is 4. The molecular formula is C21H20Br2N4O3S. The molecule has 0 spiro atoms. The van der Waals surface area contributed by atoms with Gasteiger partial charge in [-0.1, -0.05) is 15.9 Å². The minimum absolute atomic E-state index is 0.107. The van der Waals surface area contributed by atoms with E-state index in [2.05, 4.69) is 37.0 Å². The number of amides is 1. The van der Waals surface area contributed by atoms with Crippen LogP contribution in [0.4, 0.5) is 0 Å². The zero-order chi connectivity index (χ0) is 22.2. The van der Waals surface area contributed by atoms with Crippen molar-refractivity contribution >= 4 is 47.8 Å². The van der Waals surface area contributed by atoms with Crippen molar-refractivity contribution in [2.45, 2.75) is 11.8 Å². The van der Waals surface area contributed by atoms with Gasteiger partial charge in [-0.3, -0.25) is 4.79 Å². The molecule has 1 aromatic heterocycles. The molecule has 7 nitrogen and oxygen atoms in total. The molecular weight excluding hydrogens is 548 g/mol. The van der Waals surface area contributed by atoms with Gasteiger partial charge in [-0.15, -0.1) is 0 Å². The predicted molar refractivity (Wildman–Crippen MR) is 125 cm³/mol.